The Morgan fingerprint density at radius 1 is 1.21 bits per heavy atom. The second-order valence-corrected chi connectivity index (χ2v) is 5.96. The lowest BCUT2D eigenvalue weighted by Gasteiger charge is -2.24. The van der Waals surface area contributed by atoms with Gasteiger partial charge in [0.2, 0.25) is 0 Å². The van der Waals surface area contributed by atoms with Crippen molar-refractivity contribution in [3.63, 3.8) is 0 Å². The fourth-order valence-electron chi connectivity index (χ4n) is 1.66. The number of rotatable bonds is 7. The van der Waals surface area contributed by atoms with Crippen LogP contribution in [-0.4, -0.2) is 5.75 Å². The van der Waals surface area contributed by atoms with Gasteiger partial charge >= 0.3 is 0 Å². The Bertz CT molecular complexity index is 138. The third kappa shape index (κ3) is 5.95. The van der Waals surface area contributed by atoms with E-state index in [2.05, 4.69) is 47.2 Å². The monoisotopic (exact) mass is 216 g/mol. The minimum atomic E-state index is 0.540. The molecule has 0 fully saturated rings. The minimum absolute atomic E-state index is 0.540. The van der Waals surface area contributed by atoms with Gasteiger partial charge in [0.15, 0.2) is 0 Å². The number of hydrogen-bond acceptors (Lipinski definition) is 1. The lowest BCUT2D eigenvalue weighted by atomic mass is 9.82. The van der Waals surface area contributed by atoms with Crippen LogP contribution in [-0.2, 0) is 0 Å². The molecule has 86 valence electrons. The van der Waals surface area contributed by atoms with E-state index in [0.29, 0.717) is 5.41 Å². The Morgan fingerprint density at radius 3 is 2.14 bits per heavy atom. The maximum absolute atomic E-state index is 4.42. The minimum Gasteiger partial charge on any atom is -0.179 e. The highest BCUT2D eigenvalue weighted by atomic mass is 32.1. The first-order chi connectivity index (χ1) is 6.43. The molecule has 0 aliphatic rings. The average Bonchev–Trinajstić information content (AvgIpc) is 2.12. The van der Waals surface area contributed by atoms with E-state index in [0.717, 1.165) is 17.6 Å². The normalized spacial score (nSPS) is 14.8. The van der Waals surface area contributed by atoms with E-state index in [9.17, 15) is 0 Å². The topological polar surface area (TPSA) is 0 Å². The van der Waals surface area contributed by atoms with E-state index >= 15 is 0 Å². The Hall–Kier alpha value is 0.350. The van der Waals surface area contributed by atoms with Crippen molar-refractivity contribution in [2.75, 3.05) is 5.75 Å². The molecule has 1 atom stereocenters. The second-order valence-electron chi connectivity index (χ2n) is 5.60. The molecule has 0 aliphatic heterocycles. The third-order valence-electron chi connectivity index (χ3n) is 3.56. The third-order valence-corrected chi connectivity index (χ3v) is 4.03. The summed E-state index contributed by atoms with van der Waals surface area (Å²) in [5.41, 5.74) is 0.540. The molecular weight excluding hydrogens is 188 g/mol. The van der Waals surface area contributed by atoms with Crippen molar-refractivity contribution >= 4 is 12.6 Å². The summed E-state index contributed by atoms with van der Waals surface area (Å²) in [5, 5.41) is 0. The maximum Gasteiger partial charge on any atom is -0.00671 e. The summed E-state index contributed by atoms with van der Waals surface area (Å²) < 4.78 is 0. The van der Waals surface area contributed by atoms with Crippen molar-refractivity contribution in [3.05, 3.63) is 0 Å². The van der Waals surface area contributed by atoms with Crippen molar-refractivity contribution in [3.8, 4) is 0 Å². The van der Waals surface area contributed by atoms with Crippen molar-refractivity contribution in [2.24, 2.45) is 17.3 Å². The first-order valence-corrected chi connectivity index (χ1v) is 6.67. The molecule has 1 heteroatoms. The molecule has 0 aliphatic carbocycles. The summed E-state index contributed by atoms with van der Waals surface area (Å²) in [4.78, 5) is 0. The van der Waals surface area contributed by atoms with Gasteiger partial charge in [0.25, 0.3) is 0 Å². The van der Waals surface area contributed by atoms with Gasteiger partial charge in [-0.3, -0.25) is 0 Å². The SMILES string of the molecule is CCC(C)(C)CCCC(CS)C(C)C. The molecule has 0 rings (SSSR count). The van der Waals surface area contributed by atoms with Crippen LogP contribution in [0, 0.1) is 17.3 Å². The molecule has 0 aromatic heterocycles. The van der Waals surface area contributed by atoms with Crippen molar-refractivity contribution < 1.29 is 0 Å². The van der Waals surface area contributed by atoms with Gasteiger partial charge in [-0.15, -0.1) is 0 Å². The molecule has 0 heterocycles. The van der Waals surface area contributed by atoms with Crippen LogP contribution in [0.4, 0.5) is 0 Å². The highest BCUT2D eigenvalue weighted by Crippen LogP contribution is 2.29. The lowest BCUT2D eigenvalue weighted by Crippen LogP contribution is -2.14. The van der Waals surface area contributed by atoms with Crippen LogP contribution < -0.4 is 0 Å². The molecule has 1 unspecified atom stereocenters. The van der Waals surface area contributed by atoms with Gasteiger partial charge in [-0.1, -0.05) is 47.5 Å². The summed E-state index contributed by atoms with van der Waals surface area (Å²) in [5.74, 6) is 2.65. The Labute approximate surface area is 96.3 Å². The summed E-state index contributed by atoms with van der Waals surface area (Å²) in [6, 6.07) is 0. The molecule has 0 aromatic rings. The number of thiol groups is 1. The summed E-state index contributed by atoms with van der Waals surface area (Å²) in [7, 11) is 0. The van der Waals surface area contributed by atoms with Crippen molar-refractivity contribution in [1.82, 2.24) is 0 Å². The Balaban J connectivity index is 3.71. The summed E-state index contributed by atoms with van der Waals surface area (Å²) in [6.45, 7) is 11.7. The van der Waals surface area contributed by atoms with E-state index in [1.165, 1.54) is 25.7 Å². The number of hydrogen-bond donors (Lipinski definition) is 1. The van der Waals surface area contributed by atoms with Crippen LogP contribution in [0.25, 0.3) is 0 Å². The predicted molar refractivity (Wildman–Crippen MR) is 70.1 cm³/mol. The van der Waals surface area contributed by atoms with Gasteiger partial charge in [0, 0.05) is 0 Å². The van der Waals surface area contributed by atoms with Gasteiger partial charge in [-0.2, -0.15) is 12.6 Å². The second kappa shape index (κ2) is 6.76. The zero-order valence-electron chi connectivity index (χ0n) is 10.6. The molecule has 0 saturated heterocycles. The van der Waals surface area contributed by atoms with E-state index in [1.807, 2.05) is 0 Å². The highest BCUT2D eigenvalue weighted by molar-refractivity contribution is 7.80. The standard InChI is InChI=1S/C13H28S/c1-6-13(4,5)9-7-8-12(10-14)11(2)3/h11-12,14H,6-10H2,1-5H3. The van der Waals surface area contributed by atoms with Crippen LogP contribution >= 0.6 is 12.6 Å². The lowest BCUT2D eigenvalue weighted by molar-refractivity contribution is 0.286. The predicted octanol–water partition coefficient (Wildman–Crippen LogP) is 4.79. The van der Waals surface area contributed by atoms with Crippen molar-refractivity contribution in [1.29, 1.82) is 0 Å². The largest absolute Gasteiger partial charge is 0.179 e. The van der Waals surface area contributed by atoms with Crippen LogP contribution in [0.2, 0.25) is 0 Å². The molecule has 0 saturated carbocycles. The van der Waals surface area contributed by atoms with Gasteiger partial charge in [0.1, 0.15) is 0 Å². The highest BCUT2D eigenvalue weighted by Gasteiger charge is 2.16. The zero-order valence-corrected chi connectivity index (χ0v) is 11.5. The van der Waals surface area contributed by atoms with Gasteiger partial charge < -0.3 is 0 Å². The molecule has 0 nitrogen and oxygen atoms in total. The zero-order chi connectivity index (χ0) is 11.2. The van der Waals surface area contributed by atoms with E-state index in [-0.39, 0.29) is 0 Å². The molecular formula is C13H28S. The van der Waals surface area contributed by atoms with Crippen LogP contribution in [0.3, 0.4) is 0 Å². The Morgan fingerprint density at radius 2 is 1.79 bits per heavy atom. The first kappa shape index (κ1) is 14.3. The molecule has 0 amide bonds. The Kier molecular flexibility index (Phi) is 6.93. The molecule has 0 N–H and O–H groups in total. The molecule has 0 radical (unpaired) electrons. The van der Waals surface area contributed by atoms with E-state index in [1.54, 1.807) is 0 Å². The fourth-order valence-corrected chi connectivity index (χ4v) is 2.26. The smallest absolute Gasteiger partial charge is 0.00671 e. The summed E-state index contributed by atoms with van der Waals surface area (Å²) >= 11 is 4.42. The van der Waals surface area contributed by atoms with Gasteiger partial charge in [-0.25, -0.2) is 0 Å². The van der Waals surface area contributed by atoms with Crippen LogP contribution in [0.5, 0.6) is 0 Å². The van der Waals surface area contributed by atoms with Crippen LogP contribution in [0.1, 0.15) is 60.3 Å². The summed E-state index contributed by atoms with van der Waals surface area (Å²) in [6.07, 6.45) is 5.37. The van der Waals surface area contributed by atoms with Gasteiger partial charge in [-0.05, 0) is 35.8 Å². The van der Waals surface area contributed by atoms with Crippen LogP contribution in [0.15, 0.2) is 0 Å². The van der Waals surface area contributed by atoms with E-state index < -0.39 is 0 Å². The maximum atomic E-state index is 4.42. The molecule has 0 aromatic carbocycles. The van der Waals surface area contributed by atoms with Gasteiger partial charge in [0.05, 0.1) is 0 Å². The quantitative estimate of drug-likeness (QED) is 0.581. The first-order valence-electron chi connectivity index (χ1n) is 6.03. The molecule has 0 spiro atoms. The average molecular weight is 216 g/mol. The molecule has 14 heavy (non-hydrogen) atoms. The molecule has 0 bridgehead atoms. The van der Waals surface area contributed by atoms with Crippen molar-refractivity contribution in [2.45, 2.75) is 60.3 Å². The fraction of sp³-hybridized carbons (Fsp3) is 1.00. The van der Waals surface area contributed by atoms with E-state index in [4.69, 9.17) is 0 Å².